The molecular weight excluding hydrogens is 495 g/mol. The SMILES string of the molecule is COc1c(F)cccc1-c1cn(S(=O)(=O)c2ccc(C)cc2)c2ncc(-c3ccc(Cl)s3)cc12. The highest BCUT2D eigenvalue weighted by Gasteiger charge is 2.25. The minimum absolute atomic E-state index is 0.0267. The second-order valence-corrected chi connectivity index (χ2v) is 11.2. The number of thiophene rings is 1. The lowest BCUT2D eigenvalue weighted by Crippen LogP contribution is -2.12. The summed E-state index contributed by atoms with van der Waals surface area (Å²) in [6.07, 6.45) is 3.08. The molecule has 172 valence electrons. The van der Waals surface area contributed by atoms with Gasteiger partial charge < -0.3 is 4.74 Å². The molecule has 0 N–H and O–H groups in total. The molecule has 0 bridgehead atoms. The van der Waals surface area contributed by atoms with Crippen LogP contribution in [0.4, 0.5) is 4.39 Å². The standard InChI is InChI=1S/C25H18ClFN2O3S2/c1-15-6-8-17(9-7-15)34(30,31)29-14-20(18-4-3-5-21(27)24(18)32-2)19-12-16(13-28-25(19)29)22-10-11-23(26)33-22/h3-14H,1-2H3. The monoisotopic (exact) mass is 512 g/mol. The van der Waals surface area contributed by atoms with Gasteiger partial charge in [-0.3, -0.25) is 0 Å². The van der Waals surface area contributed by atoms with E-state index in [1.54, 1.807) is 48.7 Å². The van der Waals surface area contributed by atoms with Gasteiger partial charge in [0.25, 0.3) is 10.0 Å². The number of methoxy groups -OCH3 is 1. The van der Waals surface area contributed by atoms with E-state index in [1.165, 1.54) is 30.7 Å². The Labute approximate surface area is 205 Å². The molecule has 5 nitrogen and oxygen atoms in total. The summed E-state index contributed by atoms with van der Waals surface area (Å²) in [6, 6.07) is 16.6. The normalized spacial score (nSPS) is 11.8. The van der Waals surface area contributed by atoms with E-state index >= 15 is 0 Å². The van der Waals surface area contributed by atoms with E-state index in [0.717, 1.165) is 20.0 Å². The molecule has 0 fully saturated rings. The third kappa shape index (κ3) is 3.77. The maximum atomic E-state index is 14.5. The fourth-order valence-corrected chi connectivity index (χ4v) is 6.18. The fourth-order valence-electron chi connectivity index (χ4n) is 3.83. The Balaban J connectivity index is 1.81. The molecule has 0 spiro atoms. The highest BCUT2D eigenvalue weighted by Crippen LogP contribution is 2.40. The van der Waals surface area contributed by atoms with Gasteiger partial charge in [0.1, 0.15) is 0 Å². The number of halogens is 2. The van der Waals surface area contributed by atoms with Crippen molar-refractivity contribution in [3.8, 4) is 27.3 Å². The zero-order valence-corrected chi connectivity index (χ0v) is 20.5. The van der Waals surface area contributed by atoms with E-state index in [0.29, 0.717) is 20.8 Å². The molecule has 0 aliphatic rings. The number of fused-ring (bicyclic) bond motifs is 1. The molecule has 2 aromatic carbocycles. The molecule has 0 saturated carbocycles. The molecule has 0 aliphatic carbocycles. The van der Waals surface area contributed by atoms with Crippen LogP contribution in [-0.2, 0) is 10.0 Å². The molecule has 0 aliphatic heterocycles. The minimum atomic E-state index is -3.97. The average Bonchev–Trinajstić information content (AvgIpc) is 3.43. The van der Waals surface area contributed by atoms with Gasteiger partial charge in [0.15, 0.2) is 17.2 Å². The van der Waals surface area contributed by atoms with Crippen LogP contribution in [-0.4, -0.2) is 24.5 Å². The van der Waals surface area contributed by atoms with Gasteiger partial charge in [-0.25, -0.2) is 21.8 Å². The first-order chi connectivity index (χ1) is 16.3. The Hall–Kier alpha value is -3.20. The third-order valence-corrected chi connectivity index (χ3v) is 8.45. The Bertz CT molecular complexity index is 1640. The summed E-state index contributed by atoms with van der Waals surface area (Å²) in [4.78, 5) is 5.52. The molecule has 0 atom stereocenters. The van der Waals surface area contributed by atoms with Crippen LogP contribution in [0.1, 0.15) is 5.56 Å². The van der Waals surface area contributed by atoms with E-state index in [2.05, 4.69) is 4.98 Å². The number of hydrogen-bond donors (Lipinski definition) is 0. The van der Waals surface area contributed by atoms with E-state index in [9.17, 15) is 12.8 Å². The molecule has 0 saturated heterocycles. The van der Waals surface area contributed by atoms with Crippen LogP contribution in [0.2, 0.25) is 4.34 Å². The average molecular weight is 513 g/mol. The lowest BCUT2D eigenvalue weighted by atomic mass is 10.0. The molecule has 3 heterocycles. The number of rotatable bonds is 5. The highest BCUT2D eigenvalue weighted by atomic mass is 35.5. The van der Waals surface area contributed by atoms with E-state index in [1.807, 2.05) is 19.1 Å². The van der Waals surface area contributed by atoms with Crippen molar-refractivity contribution in [3.05, 3.63) is 88.8 Å². The maximum Gasteiger partial charge on any atom is 0.269 e. The summed E-state index contributed by atoms with van der Waals surface area (Å²) in [5.74, 6) is -0.518. The van der Waals surface area contributed by atoms with E-state index in [-0.39, 0.29) is 16.3 Å². The van der Waals surface area contributed by atoms with Gasteiger partial charge in [-0.2, -0.15) is 0 Å². The first-order valence-electron chi connectivity index (χ1n) is 10.2. The Morgan fingerprint density at radius 2 is 1.82 bits per heavy atom. The Kier molecular flexibility index (Phi) is 5.67. The number of aromatic nitrogens is 2. The number of pyridine rings is 1. The summed E-state index contributed by atoms with van der Waals surface area (Å²) >= 11 is 7.50. The number of ether oxygens (including phenoxy) is 1. The second-order valence-electron chi connectivity index (χ2n) is 7.68. The van der Waals surface area contributed by atoms with Gasteiger partial charge in [-0.15, -0.1) is 11.3 Å². The van der Waals surface area contributed by atoms with Crippen molar-refractivity contribution in [1.29, 1.82) is 0 Å². The van der Waals surface area contributed by atoms with Crippen LogP contribution in [0, 0.1) is 12.7 Å². The maximum absolute atomic E-state index is 14.5. The second kappa shape index (κ2) is 8.54. The molecular formula is C25H18ClFN2O3S2. The van der Waals surface area contributed by atoms with Gasteiger partial charge >= 0.3 is 0 Å². The van der Waals surface area contributed by atoms with Crippen molar-refractivity contribution >= 4 is 44.0 Å². The summed E-state index contributed by atoms with van der Waals surface area (Å²) in [5.41, 5.74) is 2.85. The lowest BCUT2D eigenvalue weighted by molar-refractivity contribution is 0.388. The summed E-state index contributed by atoms with van der Waals surface area (Å²) in [7, 11) is -2.60. The van der Waals surface area contributed by atoms with Gasteiger partial charge in [0, 0.05) is 39.3 Å². The number of hydrogen-bond acceptors (Lipinski definition) is 5. The van der Waals surface area contributed by atoms with Crippen LogP contribution in [0.5, 0.6) is 5.75 Å². The van der Waals surface area contributed by atoms with Crippen LogP contribution in [0.15, 0.2) is 78.0 Å². The third-order valence-electron chi connectivity index (χ3n) is 5.51. The van der Waals surface area contributed by atoms with Crippen molar-refractivity contribution in [2.45, 2.75) is 11.8 Å². The quantitative estimate of drug-likeness (QED) is 0.260. The van der Waals surface area contributed by atoms with Gasteiger partial charge in [0.2, 0.25) is 0 Å². The van der Waals surface area contributed by atoms with Crippen LogP contribution in [0.3, 0.4) is 0 Å². The smallest absolute Gasteiger partial charge is 0.269 e. The summed E-state index contributed by atoms with van der Waals surface area (Å²) in [6.45, 7) is 1.88. The largest absolute Gasteiger partial charge is 0.493 e. The number of aryl methyl sites for hydroxylation is 1. The Morgan fingerprint density at radius 1 is 1.06 bits per heavy atom. The molecule has 5 aromatic rings. The van der Waals surface area contributed by atoms with E-state index < -0.39 is 15.8 Å². The van der Waals surface area contributed by atoms with Crippen molar-refractivity contribution in [1.82, 2.24) is 8.96 Å². The summed E-state index contributed by atoms with van der Waals surface area (Å²) < 4.78 is 48.8. The van der Waals surface area contributed by atoms with E-state index in [4.69, 9.17) is 16.3 Å². The van der Waals surface area contributed by atoms with Crippen molar-refractivity contribution in [3.63, 3.8) is 0 Å². The predicted molar refractivity (Wildman–Crippen MR) is 134 cm³/mol. The van der Waals surface area contributed by atoms with Gasteiger partial charge in [-0.1, -0.05) is 41.4 Å². The molecule has 0 radical (unpaired) electrons. The van der Waals surface area contributed by atoms with Gasteiger partial charge in [-0.05, 0) is 43.3 Å². The van der Waals surface area contributed by atoms with Crippen LogP contribution < -0.4 is 4.74 Å². The van der Waals surface area contributed by atoms with Crippen molar-refractivity contribution in [2.75, 3.05) is 7.11 Å². The number of nitrogens with zero attached hydrogens (tertiary/aromatic N) is 2. The highest BCUT2D eigenvalue weighted by molar-refractivity contribution is 7.90. The van der Waals surface area contributed by atoms with Crippen molar-refractivity contribution in [2.24, 2.45) is 0 Å². The lowest BCUT2D eigenvalue weighted by Gasteiger charge is -2.08. The first kappa shape index (κ1) is 22.6. The van der Waals surface area contributed by atoms with Crippen LogP contribution in [0.25, 0.3) is 32.6 Å². The molecule has 0 amide bonds. The predicted octanol–water partition coefficient (Wildman–Crippen LogP) is 6.78. The topological polar surface area (TPSA) is 61.2 Å². The first-order valence-corrected chi connectivity index (χ1v) is 12.8. The molecule has 3 aromatic heterocycles. The minimum Gasteiger partial charge on any atom is -0.493 e. The fraction of sp³-hybridized carbons (Fsp3) is 0.0800. The zero-order valence-electron chi connectivity index (χ0n) is 18.1. The number of para-hydroxylation sites is 1. The summed E-state index contributed by atoms with van der Waals surface area (Å²) in [5, 5.41) is 0.543. The zero-order chi connectivity index (χ0) is 24.0. The molecule has 9 heteroatoms. The van der Waals surface area contributed by atoms with Crippen LogP contribution >= 0.6 is 22.9 Å². The number of benzene rings is 2. The Morgan fingerprint density at radius 3 is 2.50 bits per heavy atom. The van der Waals surface area contributed by atoms with Crippen molar-refractivity contribution < 1.29 is 17.5 Å². The van der Waals surface area contributed by atoms with Gasteiger partial charge in [0.05, 0.1) is 16.3 Å². The molecule has 5 rings (SSSR count). The molecule has 34 heavy (non-hydrogen) atoms. The molecule has 0 unspecified atom stereocenters.